The first-order valence-electron chi connectivity index (χ1n) is 9.48. The van der Waals surface area contributed by atoms with Crippen LogP contribution in [-0.2, 0) is 14.3 Å². The number of carbonyl (C=O) groups is 3. The molecule has 0 radical (unpaired) electrons. The number of nitrogens with zero attached hydrogens (tertiary/aromatic N) is 1. The van der Waals surface area contributed by atoms with E-state index in [9.17, 15) is 14.4 Å². The van der Waals surface area contributed by atoms with Crippen LogP contribution in [0.4, 0.5) is 4.79 Å². The summed E-state index contributed by atoms with van der Waals surface area (Å²) in [7, 11) is 0. The van der Waals surface area contributed by atoms with Crippen molar-refractivity contribution in [3.05, 3.63) is 34.4 Å². The standard InChI is InChI=1S/C21H25NO4/c1-21(2,3)26-20(25)22-10-8-14-15(9-11-22)19(24)17-13-5-4-12(6-7-13)16(17)18(14)23/h4-5,12-13H,6-11H2,1-3H3. The maximum absolute atomic E-state index is 13.2. The molecule has 2 bridgehead atoms. The van der Waals surface area contributed by atoms with Crippen molar-refractivity contribution in [2.24, 2.45) is 11.8 Å². The third kappa shape index (κ3) is 2.74. The van der Waals surface area contributed by atoms with Gasteiger partial charge in [0.15, 0.2) is 11.6 Å². The quantitative estimate of drug-likeness (QED) is 0.494. The number of amides is 1. The molecule has 0 aromatic rings. The van der Waals surface area contributed by atoms with Crippen molar-refractivity contribution < 1.29 is 19.1 Å². The van der Waals surface area contributed by atoms with Crippen LogP contribution < -0.4 is 0 Å². The Morgan fingerprint density at radius 2 is 1.42 bits per heavy atom. The Balaban J connectivity index is 1.57. The van der Waals surface area contributed by atoms with E-state index >= 15 is 0 Å². The number of Topliss-reactive ketones (excluding diaryl/α,β-unsaturated/α-hetero) is 2. The molecule has 5 rings (SSSR count). The third-order valence-electron chi connectivity index (χ3n) is 5.71. The van der Waals surface area contributed by atoms with Crippen LogP contribution >= 0.6 is 0 Å². The second kappa shape index (κ2) is 5.93. The van der Waals surface area contributed by atoms with Gasteiger partial charge in [-0.1, -0.05) is 12.2 Å². The summed E-state index contributed by atoms with van der Waals surface area (Å²) in [5.41, 5.74) is 2.16. The Hall–Kier alpha value is -2.17. The molecule has 138 valence electrons. The minimum atomic E-state index is -0.562. The molecule has 5 heteroatoms. The summed E-state index contributed by atoms with van der Waals surface area (Å²) < 4.78 is 5.46. The highest BCUT2D eigenvalue weighted by molar-refractivity contribution is 6.26. The van der Waals surface area contributed by atoms with Crippen LogP contribution in [0.25, 0.3) is 0 Å². The lowest BCUT2D eigenvalue weighted by Crippen LogP contribution is -2.37. The van der Waals surface area contributed by atoms with E-state index in [0.29, 0.717) is 37.1 Å². The summed E-state index contributed by atoms with van der Waals surface area (Å²) >= 11 is 0. The van der Waals surface area contributed by atoms with E-state index in [1.54, 1.807) is 4.90 Å². The molecule has 0 N–H and O–H groups in total. The van der Waals surface area contributed by atoms with Crippen LogP contribution in [0.2, 0.25) is 0 Å². The maximum atomic E-state index is 13.2. The lowest BCUT2D eigenvalue weighted by molar-refractivity contribution is -0.117. The highest BCUT2D eigenvalue weighted by atomic mass is 16.6. The molecule has 0 saturated carbocycles. The first-order chi connectivity index (χ1) is 12.3. The molecular weight excluding hydrogens is 330 g/mol. The third-order valence-corrected chi connectivity index (χ3v) is 5.71. The van der Waals surface area contributed by atoms with Gasteiger partial charge in [0.2, 0.25) is 0 Å². The maximum Gasteiger partial charge on any atom is 0.410 e. The van der Waals surface area contributed by atoms with Crippen LogP contribution in [0.1, 0.15) is 46.5 Å². The summed E-state index contributed by atoms with van der Waals surface area (Å²) in [5, 5.41) is 0. The molecule has 2 unspecified atom stereocenters. The summed E-state index contributed by atoms with van der Waals surface area (Å²) in [5.74, 6) is 0.260. The van der Waals surface area contributed by atoms with Crippen LogP contribution in [-0.4, -0.2) is 41.3 Å². The molecule has 0 fully saturated rings. The van der Waals surface area contributed by atoms with Crippen LogP contribution in [0.5, 0.6) is 0 Å². The molecule has 1 aliphatic heterocycles. The van der Waals surface area contributed by atoms with Gasteiger partial charge < -0.3 is 9.64 Å². The number of hydrogen-bond donors (Lipinski definition) is 0. The second-order valence-electron chi connectivity index (χ2n) is 8.59. The van der Waals surface area contributed by atoms with E-state index in [0.717, 1.165) is 24.0 Å². The lowest BCUT2D eigenvalue weighted by Gasteiger charge is -2.37. The zero-order valence-electron chi connectivity index (χ0n) is 15.6. The normalized spacial score (nSPS) is 28.2. The largest absolute Gasteiger partial charge is 0.444 e. The van der Waals surface area contributed by atoms with Gasteiger partial charge in [-0.15, -0.1) is 0 Å². The second-order valence-corrected chi connectivity index (χ2v) is 8.59. The van der Waals surface area contributed by atoms with E-state index in [1.807, 2.05) is 20.8 Å². The number of allylic oxidation sites excluding steroid dienone is 4. The first-order valence-corrected chi connectivity index (χ1v) is 9.48. The smallest absolute Gasteiger partial charge is 0.410 e. The van der Waals surface area contributed by atoms with Crippen molar-refractivity contribution in [3.63, 3.8) is 0 Å². The van der Waals surface area contributed by atoms with Gasteiger partial charge in [-0.3, -0.25) is 9.59 Å². The number of hydrogen-bond acceptors (Lipinski definition) is 4. The fourth-order valence-electron chi connectivity index (χ4n) is 4.52. The molecule has 0 aromatic carbocycles. The van der Waals surface area contributed by atoms with Gasteiger partial charge in [-0.05, 0) is 46.5 Å². The van der Waals surface area contributed by atoms with Gasteiger partial charge in [-0.2, -0.15) is 0 Å². The Kier molecular flexibility index (Phi) is 3.94. The van der Waals surface area contributed by atoms with Crippen LogP contribution in [0, 0.1) is 11.8 Å². The number of ketones is 2. The molecule has 5 nitrogen and oxygen atoms in total. The molecule has 2 atom stereocenters. The molecule has 0 saturated heterocycles. The molecule has 4 aliphatic carbocycles. The Morgan fingerprint density at radius 3 is 1.81 bits per heavy atom. The van der Waals surface area contributed by atoms with Crippen molar-refractivity contribution in [1.82, 2.24) is 4.90 Å². The average molecular weight is 355 g/mol. The van der Waals surface area contributed by atoms with E-state index in [2.05, 4.69) is 12.2 Å². The van der Waals surface area contributed by atoms with Gasteiger partial charge in [0.05, 0.1) is 0 Å². The van der Waals surface area contributed by atoms with E-state index in [4.69, 9.17) is 4.74 Å². The zero-order chi connectivity index (χ0) is 18.6. The molecule has 1 heterocycles. The summed E-state index contributed by atoms with van der Waals surface area (Å²) in [4.78, 5) is 40.3. The lowest BCUT2D eigenvalue weighted by atomic mass is 9.64. The number of carbonyl (C=O) groups excluding carboxylic acids is 3. The molecule has 0 spiro atoms. The molecule has 26 heavy (non-hydrogen) atoms. The molecule has 0 aromatic heterocycles. The highest BCUT2D eigenvalue weighted by Gasteiger charge is 2.44. The fraction of sp³-hybridized carbons (Fsp3) is 0.571. The van der Waals surface area contributed by atoms with Gasteiger partial charge in [0.1, 0.15) is 5.60 Å². The highest BCUT2D eigenvalue weighted by Crippen LogP contribution is 2.46. The number of fused-ring (bicyclic) bond motifs is 1. The van der Waals surface area contributed by atoms with Gasteiger partial charge in [0, 0.05) is 47.2 Å². The fourth-order valence-corrected chi connectivity index (χ4v) is 4.52. The van der Waals surface area contributed by atoms with Crippen molar-refractivity contribution >= 4 is 17.7 Å². The summed E-state index contributed by atoms with van der Waals surface area (Å²) in [6.45, 7) is 6.33. The van der Waals surface area contributed by atoms with Crippen molar-refractivity contribution in [3.8, 4) is 0 Å². The Morgan fingerprint density at radius 1 is 0.962 bits per heavy atom. The minimum absolute atomic E-state index is 0.0414. The van der Waals surface area contributed by atoms with Crippen molar-refractivity contribution in [2.45, 2.75) is 52.1 Å². The van der Waals surface area contributed by atoms with Crippen LogP contribution in [0.3, 0.4) is 0 Å². The first kappa shape index (κ1) is 17.3. The van der Waals surface area contributed by atoms with Crippen molar-refractivity contribution in [2.75, 3.05) is 13.1 Å². The van der Waals surface area contributed by atoms with Crippen LogP contribution in [0.15, 0.2) is 34.4 Å². The summed E-state index contributed by atoms with van der Waals surface area (Å²) in [6, 6.07) is 0. The Labute approximate surface area is 153 Å². The minimum Gasteiger partial charge on any atom is -0.444 e. The predicted octanol–water partition coefficient (Wildman–Crippen LogP) is 3.36. The number of ether oxygens (including phenoxy) is 1. The van der Waals surface area contributed by atoms with Gasteiger partial charge in [0.25, 0.3) is 0 Å². The summed E-state index contributed by atoms with van der Waals surface area (Å²) in [6.07, 6.45) is 6.56. The van der Waals surface area contributed by atoms with Gasteiger partial charge >= 0.3 is 6.09 Å². The molecule has 5 aliphatic rings. The van der Waals surface area contributed by atoms with E-state index in [-0.39, 0.29) is 29.5 Å². The average Bonchev–Trinajstić information content (AvgIpc) is 2.82. The predicted molar refractivity (Wildman–Crippen MR) is 96.5 cm³/mol. The molecule has 1 amide bonds. The SMILES string of the molecule is CC(C)(C)OC(=O)N1CCC2=C(CC1)C(=O)C1=C(C2=O)C2C=CC1CC2. The number of rotatable bonds is 0. The Bertz CT molecular complexity index is 743. The van der Waals surface area contributed by atoms with E-state index in [1.165, 1.54) is 0 Å². The zero-order valence-corrected chi connectivity index (χ0v) is 15.6. The molecular formula is C21H25NO4. The van der Waals surface area contributed by atoms with Gasteiger partial charge in [-0.25, -0.2) is 4.79 Å². The topological polar surface area (TPSA) is 63.7 Å². The van der Waals surface area contributed by atoms with Crippen molar-refractivity contribution in [1.29, 1.82) is 0 Å². The monoisotopic (exact) mass is 355 g/mol. The van der Waals surface area contributed by atoms with E-state index < -0.39 is 5.60 Å².